The van der Waals surface area contributed by atoms with Crippen molar-refractivity contribution in [2.24, 2.45) is 5.92 Å². The molecule has 124 valence electrons. The van der Waals surface area contributed by atoms with Gasteiger partial charge < -0.3 is 14.2 Å². The van der Waals surface area contributed by atoms with Crippen molar-refractivity contribution in [2.75, 3.05) is 26.2 Å². The fourth-order valence-electron chi connectivity index (χ4n) is 3.52. The molecule has 3 heterocycles. The molecule has 2 saturated heterocycles. The van der Waals surface area contributed by atoms with Gasteiger partial charge in [0.05, 0.1) is 6.20 Å². The second-order valence-electron chi connectivity index (χ2n) is 6.27. The van der Waals surface area contributed by atoms with Crippen molar-refractivity contribution in [1.29, 1.82) is 0 Å². The van der Waals surface area contributed by atoms with Gasteiger partial charge in [-0.1, -0.05) is 6.58 Å². The van der Waals surface area contributed by atoms with E-state index < -0.39 is 0 Å². The number of carbonyl (C=O) groups is 2. The molecule has 0 radical (unpaired) electrons. The normalized spacial score (nSPS) is 20.5. The highest BCUT2D eigenvalue weighted by Gasteiger charge is 2.32. The second kappa shape index (κ2) is 6.98. The van der Waals surface area contributed by atoms with Crippen molar-refractivity contribution in [2.45, 2.75) is 31.6 Å². The van der Waals surface area contributed by atoms with E-state index in [2.05, 4.69) is 11.6 Å². The van der Waals surface area contributed by atoms with E-state index in [0.717, 1.165) is 44.7 Å². The topological polar surface area (TPSA) is 66.7 Å². The number of rotatable bonds is 3. The zero-order valence-corrected chi connectivity index (χ0v) is 13.3. The van der Waals surface area contributed by atoms with Crippen molar-refractivity contribution < 1.29 is 14.0 Å². The van der Waals surface area contributed by atoms with Gasteiger partial charge >= 0.3 is 0 Å². The van der Waals surface area contributed by atoms with Crippen LogP contribution in [0.15, 0.2) is 29.5 Å². The summed E-state index contributed by atoms with van der Waals surface area (Å²) >= 11 is 0. The number of aromatic nitrogens is 1. The molecule has 2 amide bonds. The molecule has 0 spiro atoms. The predicted octanol–water partition coefficient (Wildman–Crippen LogP) is 1.81. The minimum Gasteiger partial charge on any atom is -0.449 e. The molecular weight excluding hydrogens is 294 g/mol. The summed E-state index contributed by atoms with van der Waals surface area (Å²) in [5.74, 6) is 1.35. The van der Waals surface area contributed by atoms with E-state index in [9.17, 15) is 9.59 Å². The molecule has 6 heteroatoms. The smallest absolute Gasteiger partial charge is 0.245 e. The van der Waals surface area contributed by atoms with Gasteiger partial charge in [0.15, 0.2) is 5.89 Å². The SMILES string of the molecule is C=CC(=O)N1CCC(C(=O)N2CCC(c3ncco3)CC2)CC1. The fraction of sp³-hybridized carbons (Fsp3) is 0.588. The summed E-state index contributed by atoms with van der Waals surface area (Å²) in [6, 6.07) is 0. The first-order valence-electron chi connectivity index (χ1n) is 8.28. The third-order valence-corrected chi connectivity index (χ3v) is 4.94. The number of piperidine rings is 2. The fourth-order valence-corrected chi connectivity index (χ4v) is 3.52. The Morgan fingerprint density at radius 1 is 1.13 bits per heavy atom. The molecule has 3 rings (SSSR count). The largest absolute Gasteiger partial charge is 0.449 e. The minimum absolute atomic E-state index is 0.0392. The lowest BCUT2D eigenvalue weighted by molar-refractivity contribution is -0.140. The standard InChI is InChI=1S/C17H23N3O3/c1-2-15(21)19-8-5-14(6-9-19)17(22)20-10-3-13(4-11-20)16-18-7-12-23-16/h2,7,12-14H,1,3-6,8-11H2. The van der Waals surface area contributed by atoms with Crippen LogP contribution in [0.1, 0.15) is 37.5 Å². The van der Waals surface area contributed by atoms with E-state index in [1.807, 2.05) is 4.90 Å². The number of likely N-dealkylation sites (tertiary alicyclic amines) is 2. The maximum atomic E-state index is 12.7. The quantitative estimate of drug-likeness (QED) is 0.797. The average molecular weight is 317 g/mol. The van der Waals surface area contributed by atoms with Crippen molar-refractivity contribution in [3.05, 3.63) is 31.0 Å². The second-order valence-corrected chi connectivity index (χ2v) is 6.27. The predicted molar refractivity (Wildman–Crippen MR) is 84.6 cm³/mol. The van der Waals surface area contributed by atoms with Crippen LogP contribution in [-0.2, 0) is 9.59 Å². The summed E-state index contributed by atoms with van der Waals surface area (Å²) in [7, 11) is 0. The van der Waals surface area contributed by atoms with Gasteiger partial charge in [-0.05, 0) is 31.8 Å². The van der Waals surface area contributed by atoms with Gasteiger partial charge in [0.25, 0.3) is 0 Å². The van der Waals surface area contributed by atoms with Crippen molar-refractivity contribution in [1.82, 2.24) is 14.8 Å². The molecule has 0 saturated carbocycles. The lowest BCUT2D eigenvalue weighted by Crippen LogP contribution is -2.46. The van der Waals surface area contributed by atoms with E-state index in [0.29, 0.717) is 19.0 Å². The Bertz CT molecular complexity index is 554. The van der Waals surface area contributed by atoms with Crippen LogP contribution in [0, 0.1) is 5.92 Å². The van der Waals surface area contributed by atoms with Crippen LogP contribution >= 0.6 is 0 Å². The van der Waals surface area contributed by atoms with Crippen LogP contribution in [0.2, 0.25) is 0 Å². The van der Waals surface area contributed by atoms with Gasteiger partial charge in [0, 0.05) is 38.0 Å². The van der Waals surface area contributed by atoms with E-state index in [4.69, 9.17) is 4.42 Å². The highest BCUT2D eigenvalue weighted by molar-refractivity contribution is 5.87. The Hall–Kier alpha value is -2.11. The van der Waals surface area contributed by atoms with Crippen molar-refractivity contribution >= 4 is 11.8 Å². The summed E-state index contributed by atoms with van der Waals surface area (Å²) < 4.78 is 5.37. The van der Waals surface area contributed by atoms with Crippen LogP contribution in [0.4, 0.5) is 0 Å². The van der Waals surface area contributed by atoms with Crippen LogP contribution < -0.4 is 0 Å². The monoisotopic (exact) mass is 317 g/mol. The van der Waals surface area contributed by atoms with Gasteiger partial charge in [-0.25, -0.2) is 4.98 Å². The molecule has 2 aliphatic rings. The zero-order valence-electron chi connectivity index (χ0n) is 13.3. The van der Waals surface area contributed by atoms with E-state index in [1.54, 1.807) is 17.4 Å². The Labute approximate surface area is 136 Å². The number of amides is 2. The highest BCUT2D eigenvalue weighted by atomic mass is 16.3. The lowest BCUT2D eigenvalue weighted by atomic mass is 9.92. The summed E-state index contributed by atoms with van der Waals surface area (Å²) in [4.78, 5) is 32.2. The van der Waals surface area contributed by atoms with E-state index in [1.165, 1.54) is 6.08 Å². The summed E-state index contributed by atoms with van der Waals surface area (Å²) in [6.07, 6.45) is 7.92. The van der Waals surface area contributed by atoms with Crippen molar-refractivity contribution in [3.63, 3.8) is 0 Å². The van der Waals surface area contributed by atoms with Gasteiger partial charge in [-0.3, -0.25) is 9.59 Å². The third kappa shape index (κ3) is 3.46. The molecule has 0 unspecified atom stereocenters. The summed E-state index contributed by atoms with van der Waals surface area (Å²) in [5, 5.41) is 0. The highest BCUT2D eigenvalue weighted by Crippen LogP contribution is 2.29. The van der Waals surface area contributed by atoms with Gasteiger partial charge in [0.2, 0.25) is 11.8 Å². The van der Waals surface area contributed by atoms with Crippen molar-refractivity contribution in [3.8, 4) is 0 Å². The first-order valence-corrected chi connectivity index (χ1v) is 8.28. The molecule has 0 N–H and O–H groups in total. The number of carbonyl (C=O) groups excluding carboxylic acids is 2. The number of hydrogen-bond donors (Lipinski definition) is 0. The molecule has 1 aromatic rings. The summed E-state index contributed by atoms with van der Waals surface area (Å²) in [5.41, 5.74) is 0. The zero-order chi connectivity index (χ0) is 16.2. The summed E-state index contributed by atoms with van der Waals surface area (Å²) in [6.45, 7) is 6.33. The van der Waals surface area contributed by atoms with Crippen LogP contribution in [0.5, 0.6) is 0 Å². The molecule has 23 heavy (non-hydrogen) atoms. The average Bonchev–Trinajstić information content (AvgIpc) is 3.15. The Balaban J connectivity index is 1.48. The van der Waals surface area contributed by atoms with Crippen LogP contribution in [-0.4, -0.2) is 52.8 Å². The Morgan fingerprint density at radius 2 is 1.78 bits per heavy atom. The molecule has 6 nitrogen and oxygen atoms in total. The molecular formula is C17H23N3O3. The van der Waals surface area contributed by atoms with Gasteiger partial charge in [-0.2, -0.15) is 0 Å². The number of nitrogens with zero attached hydrogens (tertiary/aromatic N) is 3. The Morgan fingerprint density at radius 3 is 2.35 bits per heavy atom. The maximum Gasteiger partial charge on any atom is 0.245 e. The van der Waals surface area contributed by atoms with Gasteiger partial charge in [0.1, 0.15) is 6.26 Å². The molecule has 0 aliphatic carbocycles. The molecule has 2 fully saturated rings. The maximum absolute atomic E-state index is 12.7. The Kier molecular flexibility index (Phi) is 4.79. The number of hydrogen-bond acceptors (Lipinski definition) is 4. The number of oxazole rings is 1. The molecule has 0 bridgehead atoms. The first-order chi connectivity index (χ1) is 11.2. The lowest BCUT2D eigenvalue weighted by Gasteiger charge is -2.36. The first kappa shape index (κ1) is 15.8. The van der Waals surface area contributed by atoms with Crippen LogP contribution in [0.3, 0.4) is 0 Å². The molecule has 1 aromatic heterocycles. The molecule has 2 aliphatic heterocycles. The molecule has 0 aromatic carbocycles. The molecule has 0 atom stereocenters. The van der Waals surface area contributed by atoms with Gasteiger partial charge in [-0.15, -0.1) is 0 Å². The van der Waals surface area contributed by atoms with E-state index in [-0.39, 0.29) is 17.7 Å². The minimum atomic E-state index is -0.0392. The third-order valence-electron chi connectivity index (χ3n) is 4.94. The van der Waals surface area contributed by atoms with Crippen LogP contribution in [0.25, 0.3) is 0 Å². The van der Waals surface area contributed by atoms with E-state index >= 15 is 0 Å².